The van der Waals surface area contributed by atoms with Gasteiger partial charge in [0.2, 0.25) is 0 Å². The van der Waals surface area contributed by atoms with Crippen molar-refractivity contribution in [3.63, 3.8) is 0 Å². The average molecular weight is 552 g/mol. The van der Waals surface area contributed by atoms with E-state index in [0.29, 0.717) is 0 Å². The van der Waals surface area contributed by atoms with Crippen LogP contribution in [0.2, 0.25) is 0 Å². The van der Waals surface area contributed by atoms with Gasteiger partial charge in [-0.15, -0.1) is 0 Å². The summed E-state index contributed by atoms with van der Waals surface area (Å²) in [7, 11) is 0. The highest BCUT2D eigenvalue weighted by molar-refractivity contribution is 6.00. The zero-order valence-corrected chi connectivity index (χ0v) is 24.3. The number of fused-ring (bicyclic) bond motifs is 2. The molecule has 7 rings (SSSR count). The summed E-state index contributed by atoms with van der Waals surface area (Å²) in [6.07, 6.45) is 14.1. The summed E-state index contributed by atoms with van der Waals surface area (Å²) in [5.41, 5.74) is 9.62. The highest BCUT2D eigenvalue weighted by Gasteiger charge is 2.16. The third kappa shape index (κ3) is 5.22. The maximum atomic E-state index is 2.38. The van der Waals surface area contributed by atoms with Gasteiger partial charge in [0.25, 0.3) is 0 Å². The van der Waals surface area contributed by atoms with Crippen LogP contribution in [0, 0.1) is 0 Å². The van der Waals surface area contributed by atoms with Gasteiger partial charge in [-0.05, 0) is 87.7 Å². The van der Waals surface area contributed by atoms with Crippen molar-refractivity contribution in [2.24, 2.45) is 0 Å². The Balaban J connectivity index is 1.33. The number of benzene rings is 6. The summed E-state index contributed by atoms with van der Waals surface area (Å²) in [5.74, 6) is 0. The molecule has 0 bridgehead atoms. The molecule has 0 amide bonds. The second kappa shape index (κ2) is 11.8. The summed E-state index contributed by atoms with van der Waals surface area (Å²) >= 11 is 0. The fraction of sp³-hybridized carbons (Fsp3) is 0.0476. The molecule has 0 fully saturated rings. The van der Waals surface area contributed by atoms with E-state index >= 15 is 0 Å². The number of allylic oxidation sites excluding steroid dienone is 8. The molecule has 0 radical (unpaired) electrons. The number of hydrogen-bond acceptors (Lipinski definition) is 1. The molecule has 6 aromatic rings. The van der Waals surface area contributed by atoms with Gasteiger partial charge in [-0.3, -0.25) is 0 Å². The Hall–Kier alpha value is -5.40. The van der Waals surface area contributed by atoms with Gasteiger partial charge in [0.05, 0.1) is 5.69 Å². The molecule has 0 aliphatic heterocycles. The fourth-order valence-corrected chi connectivity index (χ4v) is 6.13. The zero-order chi connectivity index (χ0) is 29.0. The van der Waals surface area contributed by atoms with Crippen molar-refractivity contribution in [2.75, 3.05) is 4.90 Å². The second-order valence-electron chi connectivity index (χ2n) is 10.8. The smallest absolute Gasteiger partial charge is 0.0540 e. The number of hydrogen-bond donors (Lipinski definition) is 0. The van der Waals surface area contributed by atoms with Gasteiger partial charge < -0.3 is 4.90 Å². The lowest BCUT2D eigenvalue weighted by Crippen LogP contribution is -2.10. The van der Waals surface area contributed by atoms with Crippen molar-refractivity contribution < 1.29 is 0 Å². The van der Waals surface area contributed by atoms with Crippen LogP contribution < -0.4 is 4.90 Å². The first-order valence-electron chi connectivity index (χ1n) is 15.0. The second-order valence-corrected chi connectivity index (χ2v) is 10.8. The molecule has 0 unspecified atom stereocenters. The summed E-state index contributed by atoms with van der Waals surface area (Å²) < 4.78 is 0. The monoisotopic (exact) mass is 551 g/mol. The molecule has 0 spiro atoms. The van der Waals surface area contributed by atoms with E-state index in [1.54, 1.807) is 0 Å². The lowest BCUT2D eigenvalue weighted by molar-refractivity contribution is 1.29. The molecule has 1 aliphatic rings. The van der Waals surface area contributed by atoms with E-state index in [2.05, 4.69) is 182 Å². The molecule has 6 aromatic carbocycles. The quantitative estimate of drug-likeness (QED) is 0.206. The molecule has 0 aromatic heterocycles. The van der Waals surface area contributed by atoms with Crippen LogP contribution >= 0.6 is 0 Å². The minimum absolute atomic E-state index is 0.921. The standard InChI is InChI=1S/C42H33N/c1-2-31-13-5-3-4-6-18-38(31)34-23-27-36(28-24-34)43(42-22-12-17-33-15-8-10-20-41(33)42)37-29-25-35(26-30-37)40-21-11-16-32-14-7-9-19-39(32)40/h2-5,7-30H,6H2,1H3/b4-3-,13-5-,31-2-,38-18+. The Labute approximate surface area is 254 Å². The molecule has 1 nitrogen and oxygen atoms in total. The van der Waals surface area contributed by atoms with Crippen molar-refractivity contribution in [1.29, 1.82) is 0 Å². The Morgan fingerprint density at radius 3 is 1.88 bits per heavy atom. The van der Waals surface area contributed by atoms with E-state index in [-0.39, 0.29) is 0 Å². The zero-order valence-electron chi connectivity index (χ0n) is 24.3. The molecule has 43 heavy (non-hydrogen) atoms. The van der Waals surface area contributed by atoms with E-state index in [4.69, 9.17) is 0 Å². The fourth-order valence-electron chi connectivity index (χ4n) is 6.13. The van der Waals surface area contributed by atoms with Crippen LogP contribution in [-0.4, -0.2) is 0 Å². The van der Waals surface area contributed by atoms with Gasteiger partial charge in [0.15, 0.2) is 0 Å². The first-order chi connectivity index (χ1) is 21.3. The van der Waals surface area contributed by atoms with Crippen molar-refractivity contribution in [3.8, 4) is 11.1 Å². The maximum absolute atomic E-state index is 2.38. The van der Waals surface area contributed by atoms with Gasteiger partial charge in [0.1, 0.15) is 0 Å². The Kier molecular flexibility index (Phi) is 7.29. The lowest BCUT2D eigenvalue weighted by Gasteiger charge is -2.27. The number of anilines is 3. The van der Waals surface area contributed by atoms with Gasteiger partial charge >= 0.3 is 0 Å². The molecule has 1 aliphatic carbocycles. The molecule has 1 heteroatoms. The average Bonchev–Trinajstić information content (AvgIpc) is 3.06. The molecular formula is C42H33N. The van der Waals surface area contributed by atoms with Crippen LogP contribution in [0.15, 0.2) is 175 Å². The number of nitrogens with zero attached hydrogens (tertiary/aromatic N) is 1. The van der Waals surface area contributed by atoms with Gasteiger partial charge in [-0.25, -0.2) is 0 Å². The number of rotatable bonds is 5. The molecule has 0 saturated carbocycles. The van der Waals surface area contributed by atoms with Gasteiger partial charge in [-0.2, -0.15) is 0 Å². The predicted octanol–water partition coefficient (Wildman–Crippen LogP) is 12.0. The Bertz CT molecular complexity index is 2030. The van der Waals surface area contributed by atoms with E-state index < -0.39 is 0 Å². The van der Waals surface area contributed by atoms with Crippen LogP contribution in [0.5, 0.6) is 0 Å². The Morgan fingerprint density at radius 2 is 1.16 bits per heavy atom. The van der Waals surface area contributed by atoms with Gasteiger partial charge in [0, 0.05) is 16.8 Å². The molecule has 0 saturated heterocycles. The largest absolute Gasteiger partial charge is 0.310 e. The molecule has 0 N–H and O–H groups in total. The van der Waals surface area contributed by atoms with Crippen molar-refractivity contribution in [3.05, 3.63) is 181 Å². The van der Waals surface area contributed by atoms with Crippen LogP contribution in [0.1, 0.15) is 18.9 Å². The first-order valence-corrected chi connectivity index (χ1v) is 15.0. The summed E-state index contributed by atoms with van der Waals surface area (Å²) in [5, 5.41) is 4.98. The minimum atomic E-state index is 0.921. The van der Waals surface area contributed by atoms with Crippen LogP contribution in [0.25, 0.3) is 38.2 Å². The van der Waals surface area contributed by atoms with Gasteiger partial charge in [-0.1, -0.05) is 140 Å². The van der Waals surface area contributed by atoms with E-state index in [9.17, 15) is 0 Å². The maximum Gasteiger partial charge on any atom is 0.0540 e. The van der Waals surface area contributed by atoms with E-state index in [1.807, 2.05) is 0 Å². The third-order valence-corrected chi connectivity index (χ3v) is 8.27. The minimum Gasteiger partial charge on any atom is -0.310 e. The topological polar surface area (TPSA) is 3.24 Å². The van der Waals surface area contributed by atoms with E-state index in [1.165, 1.54) is 49.4 Å². The van der Waals surface area contributed by atoms with Crippen molar-refractivity contribution in [2.45, 2.75) is 13.3 Å². The molecule has 0 atom stereocenters. The van der Waals surface area contributed by atoms with Crippen molar-refractivity contribution in [1.82, 2.24) is 0 Å². The van der Waals surface area contributed by atoms with Crippen molar-refractivity contribution >= 4 is 44.2 Å². The summed E-state index contributed by atoms with van der Waals surface area (Å²) in [6, 6.07) is 48.4. The molecular weight excluding hydrogens is 518 g/mol. The predicted molar refractivity (Wildman–Crippen MR) is 186 cm³/mol. The molecule has 206 valence electrons. The van der Waals surface area contributed by atoms with E-state index in [0.717, 1.165) is 23.5 Å². The highest BCUT2D eigenvalue weighted by Crippen LogP contribution is 2.40. The molecule has 0 heterocycles. The first kappa shape index (κ1) is 26.5. The van der Waals surface area contributed by atoms with Crippen LogP contribution in [-0.2, 0) is 0 Å². The highest BCUT2D eigenvalue weighted by atomic mass is 15.1. The summed E-state index contributed by atoms with van der Waals surface area (Å²) in [6.45, 7) is 2.11. The summed E-state index contributed by atoms with van der Waals surface area (Å²) in [4.78, 5) is 2.38. The van der Waals surface area contributed by atoms with Crippen LogP contribution in [0.3, 0.4) is 0 Å². The Morgan fingerprint density at radius 1 is 0.558 bits per heavy atom. The lowest BCUT2D eigenvalue weighted by atomic mass is 9.94. The van der Waals surface area contributed by atoms with Crippen LogP contribution in [0.4, 0.5) is 17.1 Å². The normalized spacial score (nSPS) is 16.8. The SMILES string of the molecule is C/C=C1/C=C\C=C/C\C=C/1c1ccc(N(c2ccc(-c3cccc4ccccc34)cc2)c2cccc3ccccc23)cc1. The third-order valence-electron chi connectivity index (χ3n) is 8.27.